The minimum absolute atomic E-state index is 0.165. The van der Waals surface area contributed by atoms with Crippen molar-refractivity contribution in [1.82, 2.24) is 9.47 Å². The highest BCUT2D eigenvalue weighted by atomic mass is 79.9. The fourth-order valence-electron chi connectivity index (χ4n) is 3.60. The van der Waals surface area contributed by atoms with Gasteiger partial charge in [-0.05, 0) is 38.0 Å². The number of carbonyl (C=O) groups excluding carboxylic acids is 3. The van der Waals surface area contributed by atoms with E-state index in [1.54, 1.807) is 24.0 Å². The van der Waals surface area contributed by atoms with Crippen LogP contribution >= 0.6 is 27.3 Å². The van der Waals surface area contributed by atoms with Gasteiger partial charge in [0, 0.05) is 17.6 Å². The number of hydrogen-bond donors (Lipinski definition) is 0. The molecule has 9 nitrogen and oxygen atoms in total. The summed E-state index contributed by atoms with van der Waals surface area (Å²) >= 11 is 4.55. The van der Waals surface area contributed by atoms with Crippen LogP contribution in [0.4, 0.5) is 0 Å². The molecule has 0 unspecified atom stereocenters. The van der Waals surface area contributed by atoms with E-state index in [-0.39, 0.29) is 18.0 Å². The number of carbonyl (C=O) groups is 3. The minimum atomic E-state index is -3.98. The van der Waals surface area contributed by atoms with E-state index in [0.717, 1.165) is 46.2 Å². The molecule has 1 aliphatic heterocycles. The van der Waals surface area contributed by atoms with Gasteiger partial charge in [0.05, 0.1) is 16.8 Å². The zero-order valence-electron chi connectivity index (χ0n) is 18.3. The summed E-state index contributed by atoms with van der Waals surface area (Å²) in [5.41, 5.74) is 0.669. The molecule has 0 N–H and O–H groups in total. The first kappa shape index (κ1) is 25.6. The molecule has 1 saturated heterocycles. The van der Waals surface area contributed by atoms with Crippen LogP contribution < -0.4 is 4.80 Å². The van der Waals surface area contributed by atoms with Gasteiger partial charge in [0.1, 0.15) is 18.1 Å². The summed E-state index contributed by atoms with van der Waals surface area (Å²) in [4.78, 5) is 42.8. The Bertz CT molecular complexity index is 1210. The number of fused-ring (bicyclic) bond motifs is 1. The Morgan fingerprint density at radius 2 is 1.82 bits per heavy atom. The van der Waals surface area contributed by atoms with Crippen LogP contribution in [0.25, 0.3) is 10.2 Å². The van der Waals surface area contributed by atoms with E-state index in [1.807, 2.05) is 6.07 Å². The Kier molecular flexibility index (Phi) is 8.82. The Labute approximate surface area is 204 Å². The molecule has 2 aromatic rings. The molecule has 3 rings (SSSR count). The molecule has 1 aromatic carbocycles. The van der Waals surface area contributed by atoms with Crippen molar-refractivity contribution in [2.24, 2.45) is 4.99 Å². The molecule has 0 saturated carbocycles. The fourth-order valence-corrected chi connectivity index (χ4v) is 6.30. The standard InChI is InChI=1S/C21H26BrN3O6S2/c1-2-31-20(28)12-25-16-8-7-15(22)11-17(16)32-21(25)23-18(26)13-33(29,30)14-19(27)24-9-5-3-4-6-10-24/h7-8,11H,2-6,9-10,12-14H2,1H3. The molecule has 180 valence electrons. The Balaban J connectivity index is 1.81. The molecule has 0 aliphatic carbocycles. The Hall–Kier alpha value is -2.05. The van der Waals surface area contributed by atoms with Gasteiger partial charge in [-0.3, -0.25) is 14.4 Å². The van der Waals surface area contributed by atoms with E-state index < -0.39 is 39.1 Å². The molecule has 1 aliphatic rings. The summed E-state index contributed by atoms with van der Waals surface area (Å²) in [5.74, 6) is -3.44. The lowest BCUT2D eigenvalue weighted by Crippen LogP contribution is -2.37. The number of rotatable bonds is 7. The van der Waals surface area contributed by atoms with Crippen molar-refractivity contribution in [2.75, 3.05) is 31.2 Å². The van der Waals surface area contributed by atoms with Crippen LogP contribution in [0.3, 0.4) is 0 Å². The van der Waals surface area contributed by atoms with E-state index >= 15 is 0 Å². The third-order valence-corrected chi connectivity index (χ3v) is 8.01. The number of hydrogen-bond acceptors (Lipinski definition) is 7. The molecule has 12 heteroatoms. The number of aromatic nitrogens is 1. The number of esters is 1. The summed E-state index contributed by atoms with van der Waals surface area (Å²) < 4.78 is 33.2. The highest BCUT2D eigenvalue weighted by Gasteiger charge is 2.25. The van der Waals surface area contributed by atoms with E-state index in [2.05, 4.69) is 20.9 Å². The number of ether oxygens (including phenoxy) is 1. The summed E-state index contributed by atoms with van der Waals surface area (Å²) in [6, 6.07) is 5.39. The van der Waals surface area contributed by atoms with Crippen LogP contribution in [-0.4, -0.2) is 66.9 Å². The molecular weight excluding hydrogens is 534 g/mol. The van der Waals surface area contributed by atoms with Gasteiger partial charge in [0.25, 0.3) is 5.91 Å². The van der Waals surface area contributed by atoms with Gasteiger partial charge in [-0.2, -0.15) is 4.99 Å². The predicted molar refractivity (Wildman–Crippen MR) is 128 cm³/mol. The summed E-state index contributed by atoms with van der Waals surface area (Å²) in [6.07, 6.45) is 3.74. The van der Waals surface area contributed by atoms with Gasteiger partial charge in [0.15, 0.2) is 14.6 Å². The average molecular weight is 560 g/mol. The van der Waals surface area contributed by atoms with Gasteiger partial charge >= 0.3 is 5.97 Å². The van der Waals surface area contributed by atoms with Crippen molar-refractivity contribution in [1.29, 1.82) is 0 Å². The first-order chi connectivity index (χ1) is 15.7. The summed E-state index contributed by atoms with van der Waals surface area (Å²) in [5, 5.41) is 0. The van der Waals surface area contributed by atoms with Crippen molar-refractivity contribution in [3.63, 3.8) is 0 Å². The topological polar surface area (TPSA) is 115 Å². The lowest BCUT2D eigenvalue weighted by molar-refractivity contribution is -0.143. The minimum Gasteiger partial charge on any atom is -0.465 e. The lowest BCUT2D eigenvalue weighted by Gasteiger charge is -2.19. The number of thiazole rings is 1. The van der Waals surface area contributed by atoms with Crippen LogP contribution in [0.1, 0.15) is 32.6 Å². The van der Waals surface area contributed by atoms with Crippen molar-refractivity contribution < 1.29 is 27.5 Å². The highest BCUT2D eigenvalue weighted by Crippen LogP contribution is 2.22. The summed E-state index contributed by atoms with van der Waals surface area (Å²) in [6.45, 7) is 2.82. The van der Waals surface area contributed by atoms with Gasteiger partial charge in [-0.1, -0.05) is 40.1 Å². The number of amides is 2. The monoisotopic (exact) mass is 559 g/mol. The second-order valence-corrected chi connectivity index (χ2v) is 11.7. The molecule has 1 fully saturated rings. The normalized spacial score (nSPS) is 15.5. The lowest BCUT2D eigenvalue weighted by atomic mass is 10.2. The van der Waals surface area contributed by atoms with Crippen LogP contribution in [0.5, 0.6) is 0 Å². The zero-order valence-corrected chi connectivity index (χ0v) is 21.5. The highest BCUT2D eigenvalue weighted by molar-refractivity contribution is 9.10. The van der Waals surface area contributed by atoms with E-state index in [1.165, 1.54) is 4.57 Å². The van der Waals surface area contributed by atoms with Gasteiger partial charge < -0.3 is 14.2 Å². The van der Waals surface area contributed by atoms with E-state index in [9.17, 15) is 22.8 Å². The third-order valence-electron chi connectivity index (χ3n) is 5.10. The molecule has 2 heterocycles. The van der Waals surface area contributed by atoms with Gasteiger partial charge in [-0.15, -0.1) is 0 Å². The maximum absolute atomic E-state index is 12.5. The first-order valence-electron chi connectivity index (χ1n) is 10.7. The number of likely N-dealkylation sites (tertiary alicyclic amines) is 1. The second kappa shape index (κ2) is 11.4. The second-order valence-electron chi connectivity index (χ2n) is 7.72. The molecule has 33 heavy (non-hydrogen) atoms. The van der Waals surface area contributed by atoms with Crippen LogP contribution in [-0.2, 0) is 35.5 Å². The molecule has 0 radical (unpaired) electrons. The summed E-state index contributed by atoms with van der Waals surface area (Å²) in [7, 11) is -3.98. The quantitative estimate of drug-likeness (QED) is 0.480. The maximum atomic E-state index is 12.5. The average Bonchev–Trinajstić information content (AvgIpc) is 2.90. The smallest absolute Gasteiger partial charge is 0.326 e. The molecule has 0 bridgehead atoms. The van der Waals surface area contributed by atoms with Gasteiger partial charge in [-0.25, -0.2) is 8.42 Å². The number of benzene rings is 1. The number of halogens is 1. The zero-order chi connectivity index (χ0) is 24.0. The Morgan fingerprint density at radius 1 is 1.12 bits per heavy atom. The van der Waals surface area contributed by atoms with Crippen LogP contribution in [0.15, 0.2) is 27.7 Å². The van der Waals surface area contributed by atoms with Crippen molar-refractivity contribution in [3.05, 3.63) is 27.5 Å². The van der Waals surface area contributed by atoms with Crippen molar-refractivity contribution >= 4 is 65.1 Å². The van der Waals surface area contributed by atoms with E-state index in [4.69, 9.17) is 4.74 Å². The first-order valence-corrected chi connectivity index (χ1v) is 14.1. The maximum Gasteiger partial charge on any atom is 0.326 e. The fraction of sp³-hybridized carbons (Fsp3) is 0.524. The third kappa shape index (κ3) is 7.21. The van der Waals surface area contributed by atoms with Crippen LogP contribution in [0.2, 0.25) is 0 Å². The molecule has 0 atom stereocenters. The molecule has 1 aromatic heterocycles. The van der Waals surface area contributed by atoms with Crippen molar-refractivity contribution in [2.45, 2.75) is 39.2 Å². The number of nitrogens with zero attached hydrogens (tertiary/aromatic N) is 3. The predicted octanol–water partition coefficient (Wildman–Crippen LogP) is 2.27. The van der Waals surface area contributed by atoms with Crippen molar-refractivity contribution in [3.8, 4) is 0 Å². The Morgan fingerprint density at radius 3 is 2.48 bits per heavy atom. The molecular formula is C21H26BrN3O6S2. The van der Waals surface area contributed by atoms with Gasteiger partial charge in [0.2, 0.25) is 5.91 Å². The molecule has 0 spiro atoms. The SMILES string of the molecule is CCOC(=O)Cn1c(=NC(=O)CS(=O)(=O)CC(=O)N2CCCCCC2)sc2cc(Br)ccc21. The number of sulfone groups is 1. The largest absolute Gasteiger partial charge is 0.465 e. The van der Waals surface area contributed by atoms with E-state index in [0.29, 0.717) is 18.6 Å². The molecule has 2 amide bonds. The van der Waals surface area contributed by atoms with Crippen LogP contribution in [0, 0.1) is 0 Å².